The van der Waals surface area contributed by atoms with Crippen molar-refractivity contribution in [3.8, 4) is 28.6 Å². The van der Waals surface area contributed by atoms with Crippen molar-refractivity contribution in [1.29, 1.82) is 5.26 Å². The zero-order valence-corrected chi connectivity index (χ0v) is 20.9. The van der Waals surface area contributed by atoms with Gasteiger partial charge in [0.1, 0.15) is 6.07 Å². The van der Waals surface area contributed by atoms with E-state index in [1.165, 1.54) is 0 Å². The van der Waals surface area contributed by atoms with Gasteiger partial charge in [0.05, 0.1) is 33.2 Å². The highest BCUT2D eigenvalue weighted by Gasteiger charge is 2.28. The van der Waals surface area contributed by atoms with E-state index in [9.17, 15) is 13.7 Å². The average molecular weight is 505 g/mol. The Morgan fingerprint density at radius 1 is 1.14 bits per heavy atom. The zero-order valence-electron chi connectivity index (χ0n) is 19.3. The standard InChI is InChI=1S/C27H25ClN4O2S/c1-2-15-35(33,34)31-20-11-8-18(9-12-20)27-23(17-29)22-13-10-19(26-24(28)7-4-14-30-26)16-25(22)32(27)21-5-3-6-21/h4,7-14,16,21,31H,2-3,5-6,15H2,1H3. The fourth-order valence-electron chi connectivity index (χ4n) is 4.67. The molecule has 0 aliphatic heterocycles. The maximum absolute atomic E-state index is 12.2. The first-order valence-electron chi connectivity index (χ1n) is 11.7. The summed E-state index contributed by atoms with van der Waals surface area (Å²) in [6.45, 7) is 1.83. The lowest BCUT2D eigenvalue weighted by Gasteiger charge is -2.30. The van der Waals surface area contributed by atoms with Crippen LogP contribution in [0, 0.1) is 11.3 Å². The van der Waals surface area contributed by atoms with E-state index >= 15 is 0 Å². The highest BCUT2D eigenvalue weighted by Crippen LogP contribution is 2.43. The number of nitrogens with zero attached hydrogens (tertiary/aromatic N) is 3. The van der Waals surface area contributed by atoms with Crippen LogP contribution in [0.5, 0.6) is 0 Å². The van der Waals surface area contributed by atoms with Gasteiger partial charge < -0.3 is 4.57 Å². The monoisotopic (exact) mass is 504 g/mol. The summed E-state index contributed by atoms with van der Waals surface area (Å²) >= 11 is 6.42. The molecule has 5 rings (SSSR count). The van der Waals surface area contributed by atoms with Crippen molar-refractivity contribution in [2.45, 2.75) is 38.6 Å². The lowest BCUT2D eigenvalue weighted by molar-refractivity contribution is 0.324. The number of anilines is 1. The van der Waals surface area contributed by atoms with E-state index < -0.39 is 10.0 Å². The molecule has 1 aliphatic carbocycles. The molecule has 2 aromatic carbocycles. The molecule has 1 saturated carbocycles. The summed E-state index contributed by atoms with van der Waals surface area (Å²) < 4.78 is 29.2. The highest BCUT2D eigenvalue weighted by molar-refractivity contribution is 7.92. The van der Waals surface area contributed by atoms with Gasteiger partial charge in [-0.2, -0.15) is 5.26 Å². The Morgan fingerprint density at radius 3 is 2.51 bits per heavy atom. The number of aromatic nitrogens is 2. The Morgan fingerprint density at radius 2 is 1.89 bits per heavy atom. The number of pyridine rings is 1. The molecule has 1 aliphatic rings. The number of sulfonamides is 1. The van der Waals surface area contributed by atoms with Crippen molar-refractivity contribution in [2.24, 2.45) is 0 Å². The number of nitriles is 1. The van der Waals surface area contributed by atoms with Gasteiger partial charge in [-0.3, -0.25) is 9.71 Å². The second-order valence-corrected chi connectivity index (χ2v) is 11.1. The van der Waals surface area contributed by atoms with E-state index in [0.29, 0.717) is 34.4 Å². The van der Waals surface area contributed by atoms with Crippen LogP contribution in [0.2, 0.25) is 5.02 Å². The number of nitrogens with one attached hydrogen (secondary N) is 1. The zero-order chi connectivity index (χ0) is 24.6. The van der Waals surface area contributed by atoms with Crippen molar-refractivity contribution in [3.05, 3.63) is 71.4 Å². The van der Waals surface area contributed by atoms with Crippen molar-refractivity contribution in [1.82, 2.24) is 9.55 Å². The first-order valence-corrected chi connectivity index (χ1v) is 13.7. The molecule has 4 aromatic rings. The Kier molecular flexibility index (Phi) is 6.26. The van der Waals surface area contributed by atoms with Gasteiger partial charge in [0.15, 0.2) is 0 Å². The molecule has 0 unspecified atom stereocenters. The minimum absolute atomic E-state index is 0.0753. The summed E-state index contributed by atoms with van der Waals surface area (Å²) in [6, 6.07) is 19.6. The van der Waals surface area contributed by atoms with Crippen LogP contribution in [0.1, 0.15) is 44.2 Å². The number of halogens is 1. The third-order valence-electron chi connectivity index (χ3n) is 6.49. The second-order valence-electron chi connectivity index (χ2n) is 8.85. The molecule has 2 heterocycles. The first kappa shape index (κ1) is 23.4. The number of benzene rings is 2. The van der Waals surface area contributed by atoms with E-state index in [1.807, 2.05) is 37.3 Å². The predicted octanol–water partition coefficient (Wildman–Crippen LogP) is 6.77. The van der Waals surface area contributed by atoms with Gasteiger partial charge in [0, 0.05) is 28.9 Å². The normalized spacial score (nSPS) is 14.0. The SMILES string of the molecule is CCCS(=O)(=O)Nc1ccc(-c2c(C#N)c3ccc(-c4ncccc4Cl)cc3n2C2CCC2)cc1. The molecule has 8 heteroatoms. The van der Waals surface area contributed by atoms with Gasteiger partial charge >= 0.3 is 0 Å². The van der Waals surface area contributed by atoms with E-state index in [0.717, 1.165) is 47.0 Å². The molecule has 0 saturated heterocycles. The molecule has 6 nitrogen and oxygen atoms in total. The molecule has 0 radical (unpaired) electrons. The number of fused-ring (bicyclic) bond motifs is 1. The van der Waals surface area contributed by atoms with Crippen LogP contribution < -0.4 is 4.72 Å². The molecule has 1 fully saturated rings. The van der Waals surface area contributed by atoms with Crippen molar-refractivity contribution < 1.29 is 8.42 Å². The Balaban J connectivity index is 1.65. The molecule has 0 atom stereocenters. The van der Waals surface area contributed by atoms with Crippen LogP contribution in [0.25, 0.3) is 33.4 Å². The number of rotatable bonds is 7. The summed E-state index contributed by atoms with van der Waals surface area (Å²) in [5, 5.41) is 11.6. The van der Waals surface area contributed by atoms with Gasteiger partial charge in [-0.15, -0.1) is 0 Å². The maximum atomic E-state index is 12.2. The summed E-state index contributed by atoms with van der Waals surface area (Å²) in [6.07, 6.45) is 5.51. The van der Waals surface area contributed by atoms with Crippen LogP contribution in [0.15, 0.2) is 60.8 Å². The van der Waals surface area contributed by atoms with Crippen LogP contribution in [0.4, 0.5) is 5.69 Å². The molecule has 35 heavy (non-hydrogen) atoms. The minimum Gasteiger partial charge on any atom is -0.336 e. The largest absolute Gasteiger partial charge is 0.336 e. The smallest absolute Gasteiger partial charge is 0.232 e. The quantitative estimate of drug-likeness (QED) is 0.300. The third-order valence-corrected chi connectivity index (χ3v) is 8.29. The molecule has 0 spiro atoms. The van der Waals surface area contributed by atoms with E-state index in [-0.39, 0.29) is 5.75 Å². The second kappa shape index (κ2) is 9.37. The third kappa shape index (κ3) is 4.40. The fourth-order valence-corrected chi connectivity index (χ4v) is 6.04. The predicted molar refractivity (Wildman–Crippen MR) is 141 cm³/mol. The van der Waals surface area contributed by atoms with Crippen molar-refractivity contribution >= 4 is 38.2 Å². The topological polar surface area (TPSA) is 87.8 Å². The van der Waals surface area contributed by atoms with Crippen molar-refractivity contribution in [2.75, 3.05) is 10.5 Å². The van der Waals surface area contributed by atoms with Gasteiger partial charge in [-0.25, -0.2) is 8.42 Å². The minimum atomic E-state index is -3.37. The van der Waals surface area contributed by atoms with E-state index in [1.54, 1.807) is 24.4 Å². The van der Waals surface area contributed by atoms with Crippen LogP contribution in [-0.4, -0.2) is 23.7 Å². The molecule has 2 aromatic heterocycles. The summed E-state index contributed by atoms with van der Waals surface area (Å²) in [5.74, 6) is 0.0753. The molecule has 178 valence electrons. The molecular formula is C27H25ClN4O2S. The average Bonchev–Trinajstić information content (AvgIpc) is 3.11. The van der Waals surface area contributed by atoms with Gasteiger partial charge in [-0.1, -0.05) is 42.8 Å². The Bertz CT molecular complexity index is 1550. The highest BCUT2D eigenvalue weighted by atomic mass is 35.5. The molecule has 1 N–H and O–H groups in total. The van der Waals surface area contributed by atoms with Crippen molar-refractivity contribution in [3.63, 3.8) is 0 Å². The van der Waals surface area contributed by atoms with Gasteiger partial charge in [-0.05, 0) is 61.6 Å². The summed E-state index contributed by atoms with van der Waals surface area (Å²) in [7, 11) is -3.37. The molecule has 0 amide bonds. The molecular weight excluding hydrogens is 480 g/mol. The molecule has 0 bridgehead atoms. The fraction of sp³-hybridized carbons (Fsp3) is 0.259. The Hall–Kier alpha value is -3.34. The van der Waals surface area contributed by atoms with E-state index in [2.05, 4.69) is 26.4 Å². The van der Waals surface area contributed by atoms with Crippen LogP contribution >= 0.6 is 11.6 Å². The number of hydrogen-bond donors (Lipinski definition) is 1. The lowest BCUT2D eigenvalue weighted by atomic mass is 9.92. The number of hydrogen-bond acceptors (Lipinski definition) is 4. The van der Waals surface area contributed by atoms with Crippen LogP contribution in [0.3, 0.4) is 0 Å². The Labute approximate surface area is 210 Å². The summed E-state index contributed by atoms with van der Waals surface area (Å²) in [4.78, 5) is 4.46. The van der Waals surface area contributed by atoms with Gasteiger partial charge in [0.2, 0.25) is 10.0 Å². The maximum Gasteiger partial charge on any atom is 0.232 e. The van der Waals surface area contributed by atoms with Crippen LogP contribution in [-0.2, 0) is 10.0 Å². The summed E-state index contributed by atoms with van der Waals surface area (Å²) in [5.41, 5.74) is 5.45. The first-order chi connectivity index (χ1) is 16.9. The van der Waals surface area contributed by atoms with Gasteiger partial charge in [0.25, 0.3) is 0 Å². The van der Waals surface area contributed by atoms with E-state index in [4.69, 9.17) is 11.6 Å². The lowest BCUT2D eigenvalue weighted by Crippen LogP contribution is -2.18.